The Morgan fingerprint density at radius 2 is 1.81 bits per heavy atom. The van der Waals surface area contributed by atoms with Gasteiger partial charge in [-0.25, -0.2) is 0 Å². The first-order chi connectivity index (χ1) is 10.1. The fourth-order valence-corrected chi connectivity index (χ4v) is 3.82. The van der Waals surface area contributed by atoms with Gasteiger partial charge in [0.15, 0.2) is 0 Å². The van der Waals surface area contributed by atoms with Gasteiger partial charge in [-0.3, -0.25) is 9.80 Å². The van der Waals surface area contributed by atoms with Crippen molar-refractivity contribution in [3.8, 4) is 0 Å². The summed E-state index contributed by atoms with van der Waals surface area (Å²) in [5.41, 5.74) is 2.85. The number of benzene rings is 1. The largest absolute Gasteiger partial charge is 0.305 e. The molecule has 0 unspecified atom stereocenters. The van der Waals surface area contributed by atoms with Gasteiger partial charge in [-0.1, -0.05) is 24.3 Å². The molecule has 3 nitrogen and oxygen atoms in total. The highest BCUT2D eigenvalue weighted by Gasteiger charge is 2.34. The molecule has 0 aromatic heterocycles. The fourth-order valence-electron chi connectivity index (χ4n) is 3.82. The van der Waals surface area contributed by atoms with Gasteiger partial charge in [-0.15, -0.1) is 0 Å². The summed E-state index contributed by atoms with van der Waals surface area (Å²) < 4.78 is 0. The van der Waals surface area contributed by atoms with E-state index in [1.807, 2.05) is 0 Å². The standard InChI is InChI=1S/C18H29N3/c1-15-11-20-10-4-5-18(20)14-21(15)13-17-8-6-16(7-9-17)12-19(2)3/h6-9,15,18H,4-5,10-14H2,1-3H3/t15-,18+/m1/s1. The zero-order valence-electron chi connectivity index (χ0n) is 13.8. The molecule has 2 aliphatic rings. The van der Waals surface area contributed by atoms with Gasteiger partial charge >= 0.3 is 0 Å². The van der Waals surface area contributed by atoms with Gasteiger partial charge in [0, 0.05) is 38.3 Å². The molecule has 0 bridgehead atoms. The second-order valence-electron chi connectivity index (χ2n) is 7.12. The van der Waals surface area contributed by atoms with E-state index in [2.05, 4.69) is 60.0 Å². The Labute approximate surface area is 129 Å². The summed E-state index contributed by atoms with van der Waals surface area (Å²) >= 11 is 0. The van der Waals surface area contributed by atoms with Crippen molar-refractivity contribution in [2.24, 2.45) is 0 Å². The third-order valence-corrected chi connectivity index (χ3v) is 4.97. The molecule has 0 radical (unpaired) electrons. The van der Waals surface area contributed by atoms with E-state index in [-0.39, 0.29) is 0 Å². The maximum absolute atomic E-state index is 2.70. The third kappa shape index (κ3) is 3.65. The second-order valence-corrected chi connectivity index (χ2v) is 7.12. The van der Waals surface area contributed by atoms with Crippen molar-refractivity contribution in [3.05, 3.63) is 35.4 Å². The topological polar surface area (TPSA) is 9.72 Å². The summed E-state index contributed by atoms with van der Waals surface area (Å²) in [6.07, 6.45) is 2.79. The van der Waals surface area contributed by atoms with Crippen LogP contribution in [-0.4, -0.2) is 60.5 Å². The molecule has 116 valence electrons. The van der Waals surface area contributed by atoms with Crippen LogP contribution in [0.4, 0.5) is 0 Å². The molecular weight excluding hydrogens is 258 g/mol. The Bertz CT molecular complexity index is 454. The van der Waals surface area contributed by atoms with E-state index in [4.69, 9.17) is 0 Å². The van der Waals surface area contributed by atoms with E-state index >= 15 is 0 Å². The van der Waals surface area contributed by atoms with E-state index in [0.717, 1.165) is 19.1 Å². The van der Waals surface area contributed by atoms with Crippen molar-refractivity contribution in [1.29, 1.82) is 0 Å². The Morgan fingerprint density at radius 3 is 2.52 bits per heavy atom. The zero-order chi connectivity index (χ0) is 14.8. The predicted molar refractivity (Wildman–Crippen MR) is 88.3 cm³/mol. The number of nitrogens with zero attached hydrogens (tertiary/aromatic N) is 3. The molecule has 3 rings (SSSR count). The minimum atomic E-state index is 0.681. The maximum atomic E-state index is 2.70. The van der Waals surface area contributed by atoms with Crippen molar-refractivity contribution >= 4 is 0 Å². The average molecular weight is 287 g/mol. The van der Waals surface area contributed by atoms with E-state index < -0.39 is 0 Å². The lowest BCUT2D eigenvalue weighted by atomic mass is 10.1. The van der Waals surface area contributed by atoms with Crippen molar-refractivity contribution < 1.29 is 0 Å². The van der Waals surface area contributed by atoms with E-state index in [1.165, 1.54) is 43.6 Å². The van der Waals surface area contributed by atoms with E-state index in [1.54, 1.807) is 0 Å². The van der Waals surface area contributed by atoms with Crippen LogP contribution in [0.15, 0.2) is 24.3 Å². The molecule has 1 aromatic carbocycles. The van der Waals surface area contributed by atoms with Gasteiger partial charge in [0.25, 0.3) is 0 Å². The second kappa shape index (κ2) is 6.47. The van der Waals surface area contributed by atoms with Crippen molar-refractivity contribution in [1.82, 2.24) is 14.7 Å². The zero-order valence-corrected chi connectivity index (χ0v) is 13.8. The summed E-state index contributed by atoms with van der Waals surface area (Å²) in [6, 6.07) is 10.7. The van der Waals surface area contributed by atoms with Crippen LogP contribution in [0.2, 0.25) is 0 Å². The monoisotopic (exact) mass is 287 g/mol. The minimum absolute atomic E-state index is 0.681. The van der Waals surface area contributed by atoms with Crippen LogP contribution >= 0.6 is 0 Å². The molecule has 0 aliphatic carbocycles. The van der Waals surface area contributed by atoms with Crippen molar-refractivity contribution in [2.75, 3.05) is 33.7 Å². The summed E-state index contributed by atoms with van der Waals surface area (Å²) in [6.45, 7) is 8.34. The van der Waals surface area contributed by atoms with Gasteiger partial charge in [0.1, 0.15) is 0 Å². The summed E-state index contributed by atoms with van der Waals surface area (Å²) in [7, 11) is 4.24. The molecule has 2 saturated heterocycles. The van der Waals surface area contributed by atoms with Crippen LogP contribution in [0.3, 0.4) is 0 Å². The Hall–Kier alpha value is -0.900. The molecule has 1 aromatic rings. The lowest BCUT2D eigenvalue weighted by molar-refractivity contribution is 0.0540. The highest BCUT2D eigenvalue weighted by molar-refractivity contribution is 5.22. The van der Waals surface area contributed by atoms with E-state index in [0.29, 0.717) is 6.04 Å². The molecular formula is C18H29N3. The van der Waals surface area contributed by atoms with E-state index in [9.17, 15) is 0 Å². The molecule has 2 heterocycles. The van der Waals surface area contributed by atoms with Gasteiger partial charge in [-0.2, -0.15) is 0 Å². The molecule has 0 saturated carbocycles. The molecule has 3 heteroatoms. The molecule has 21 heavy (non-hydrogen) atoms. The average Bonchev–Trinajstić information content (AvgIpc) is 2.88. The molecule has 2 atom stereocenters. The van der Waals surface area contributed by atoms with Crippen molar-refractivity contribution in [2.45, 2.75) is 44.9 Å². The van der Waals surface area contributed by atoms with Crippen molar-refractivity contribution in [3.63, 3.8) is 0 Å². The number of hydrogen-bond donors (Lipinski definition) is 0. The van der Waals surface area contributed by atoms with Gasteiger partial charge in [0.2, 0.25) is 0 Å². The number of hydrogen-bond acceptors (Lipinski definition) is 3. The third-order valence-electron chi connectivity index (χ3n) is 4.97. The lowest BCUT2D eigenvalue weighted by Gasteiger charge is -2.42. The lowest BCUT2D eigenvalue weighted by Crippen LogP contribution is -2.54. The highest BCUT2D eigenvalue weighted by Crippen LogP contribution is 2.25. The predicted octanol–water partition coefficient (Wildman–Crippen LogP) is 2.42. The van der Waals surface area contributed by atoms with Gasteiger partial charge in [-0.05, 0) is 51.5 Å². The number of rotatable bonds is 4. The SMILES string of the molecule is C[C@@H]1CN2CCC[C@H]2CN1Cc1ccc(CN(C)C)cc1. The molecule has 0 spiro atoms. The summed E-state index contributed by atoms with van der Waals surface area (Å²) in [5, 5.41) is 0. The van der Waals surface area contributed by atoms with Crippen LogP contribution in [0, 0.1) is 0 Å². The highest BCUT2D eigenvalue weighted by atomic mass is 15.3. The Kier molecular flexibility index (Phi) is 4.63. The normalized spacial score (nSPS) is 27.2. The molecule has 0 amide bonds. The minimum Gasteiger partial charge on any atom is -0.305 e. The summed E-state index contributed by atoms with van der Waals surface area (Å²) in [5.74, 6) is 0. The van der Waals surface area contributed by atoms with Gasteiger partial charge < -0.3 is 4.90 Å². The first-order valence-electron chi connectivity index (χ1n) is 8.32. The maximum Gasteiger partial charge on any atom is 0.0237 e. The fraction of sp³-hybridized carbons (Fsp3) is 0.667. The Balaban J connectivity index is 1.60. The molecule has 2 aliphatic heterocycles. The smallest absolute Gasteiger partial charge is 0.0237 e. The van der Waals surface area contributed by atoms with Crippen LogP contribution in [0.5, 0.6) is 0 Å². The number of piperazine rings is 1. The van der Waals surface area contributed by atoms with Gasteiger partial charge in [0.05, 0.1) is 0 Å². The van der Waals surface area contributed by atoms with Crippen LogP contribution in [-0.2, 0) is 13.1 Å². The van der Waals surface area contributed by atoms with Crippen LogP contribution < -0.4 is 0 Å². The molecule has 2 fully saturated rings. The van der Waals surface area contributed by atoms with Crippen LogP contribution in [0.25, 0.3) is 0 Å². The first-order valence-corrected chi connectivity index (χ1v) is 8.32. The Morgan fingerprint density at radius 1 is 1.10 bits per heavy atom. The summed E-state index contributed by atoms with van der Waals surface area (Å²) in [4.78, 5) is 7.59. The number of fused-ring (bicyclic) bond motifs is 1. The first kappa shape index (κ1) is 15.0. The quantitative estimate of drug-likeness (QED) is 0.842. The molecule has 0 N–H and O–H groups in total. The van der Waals surface area contributed by atoms with Crippen LogP contribution in [0.1, 0.15) is 30.9 Å².